The maximum absolute atomic E-state index is 12.8. The summed E-state index contributed by atoms with van der Waals surface area (Å²) < 4.78 is 0. The number of nitrogens with zero attached hydrogens (tertiary/aromatic N) is 2. The number of amides is 3. The third kappa shape index (κ3) is 2.80. The molecule has 0 spiro atoms. The standard InChI is InChI=1S/C16H17ClN4O3S/c1-8-9(17)5-4-6-10(8)18-13(23)11-7-12(22)20-15(25)19-14(24)16(2,3)21(11)20/h4-6,11H,7H2,1-3H3,(H,18,23)(H,19,24,25)/t11-/m0/s1. The zero-order chi connectivity index (χ0) is 18.5. The number of halogens is 1. The van der Waals surface area contributed by atoms with Gasteiger partial charge in [-0.2, -0.15) is 5.01 Å². The molecular weight excluding hydrogens is 364 g/mol. The summed E-state index contributed by atoms with van der Waals surface area (Å²) in [5.74, 6) is -1.09. The Balaban J connectivity index is 1.92. The lowest BCUT2D eigenvalue weighted by Crippen LogP contribution is -2.71. The molecule has 7 nitrogen and oxygen atoms in total. The predicted molar refractivity (Wildman–Crippen MR) is 96.7 cm³/mol. The molecule has 2 heterocycles. The minimum atomic E-state index is -1.10. The van der Waals surface area contributed by atoms with Crippen molar-refractivity contribution in [2.45, 2.75) is 38.8 Å². The smallest absolute Gasteiger partial charge is 0.248 e. The molecule has 0 aromatic heterocycles. The van der Waals surface area contributed by atoms with Crippen LogP contribution < -0.4 is 10.6 Å². The molecule has 2 saturated heterocycles. The minimum absolute atomic E-state index is 0.0106. The fourth-order valence-corrected chi connectivity index (χ4v) is 3.48. The minimum Gasteiger partial charge on any atom is -0.324 e. The van der Waals surface area contributed by atoms with E-state index >= 15 is 0 Å². The zero-order valence-corrected chi connectivity index (χ0v) is 15.5. The van der Waals surface area contributed by atoms with Gasteiger partial charge in [-0.15, -0.1) is 0 Å². The average molecular weight is 381 g/mol. The first kappa shape index (κ1) is 17.8. The lowest BCUT2D eigenvalue weighted by Gasteiger charge is -2.45. The molecule has 0 radical (unpaired) electrons. The van der Waals surface area contributed by atoms with E-state index in [1.807, 2.05) is 0 Å². The normalized spacial score (nSPS) is 22.6. The number of thiocarbonyl (C=S) groups is 1. The zero-order valence-electron chi connectivity index (χ0n) is 13.9. The molecule has 9 heteroatoms. The molecule has 1 atom stereocenters. The molecule has 1 aromatic rings. The molecule has 1 aromatic carbocycles. The Labute approximate surface area is 155 Å². The van der Waals surface area contributed by atoms with Crippen LogP contribution in [0.25, 0.3) is 0 Å². The summed E-state index contributed by atoms with van der Waals surface area (Å²) in [5, 5.41) is 8.47. The van der Waals surface area contributed by atoms with Gasteiger partial charge in [0.2, 0.25) is 17.7 Å². The highest BCUT2D eigenvalue weighted by atomic mass is 35.5. The van der Waals surface area contributed by atoms with Crippen LogP contribution in [0.5, 0.6) is 0 Å². The second-order valence-corrected chi connectivity index (χ2v) is 7.28. The van der Waals surface area contributed by atoms with E-state index in [-0.39, 0.29) is 23.3 Å². The maximum Gasteiger partial charge on any atom is 0.248 e. The fourth-order valence-electron chi connectivity index (χ4n) is 3.02. The van der Waals surface area contributed by atoms with Crippen molar-refractivity contribution in [1.82, 2.24) is 15.3 Å². The van der Waals surface area contributed by atoms with E-state index in [0.717, 1.165) is 5.56 Å². The number of nitrogens with one attached hydrogen (secondary N) is 2. The SMILES string of the molecule is Cc1c(Cl)cccc1NC(=O)[C@@H]1CC(=O)N2C(=S)NC(=O)C(C)(C)N12. The molecule has 2 fully saturated rings. The average Bonchev–Trinajstić information content (AvgIpc) is 2.89. The summed E-state index contributed by atoms with van der Waals surface area (Å²) in [5.41, 5.74) is 0.190. The van der Waals surface area contributed by atoms with Crippen LogP contribution in [-0.4, -0.2) is 44.4 Å². The molecule has 2 aliphatic rings. The lowest BCUT2D eigenvalue weighted by molar-refractivity contribution is -0.154. The van der Waals surface area contributed by atoms with Crippen LogP contribution >= 0.6 is 23.8 Å². The van der Waals surface area contributed by atoms with Crippen LogP contribution in [0.3, 0.4) is 0 Å². The van der Waals surface area contributed by atoms with Crippen molar-refractivity contribution in [3.8, 4) is 0 Å². The van der Waals surface area contributed by atoms with Crippen LogP contribution in [-0.2, 0) is 14.4 Å². The van der Waals surface area contributed by atoms with Crippen molar-refractivity contribution < 1.29 is 14.4 Å². The van der Waals surface area contributed by atoms with Crippen LogP contribution in [0.15, 0.2) is 18.2 Å². The van der Waals surface area contributed by atoms with Crippen molar-refractivity contribution in [3.05, 3.63) is 28.8 Å². The third-order valence-corrected chi connectivity index (χ3v) is 5.17. The Morgan fingerprint density at radius 2 is 2.08 bits per heavy atom. The van der Waals surface area contributed by atoms with E-state index in [1.165, 1.54) is 10.0 Å². The number of benzene rings is 1. The number of hydrogen-bond donors (Lipinski definition) is 2. The van der Waals surface area contributed by atoms with Crippen molar-refractivity contribution in [1.29, 1.82) is 0 Å². The van der Waals surface area contributed by atoms with Gasteiger partial charge in [-0.05, 0) is 50.7 Å². The summed E-state index contributed by atoms with van der Waals surface area (Å²) in [6.45, 7) is 5.07. The van der Waals surface area contributed by atoms with E-state index in [9.17, 15) is 14.4 Å². The molecule has 0 bridgehead atoms. The number of hydrazine groups is 1. The number of hydrogen-bond acceptors (Lipinski definition) is 5. The largest absolute Gasteiger partial charge is 0.324 e. The summed E-state index contributed by atoms with van der Waals surface area (Å²) in [6, 6.07) is 4.34. The summed E-state index contributed by atoms with van der Waals surface area (Å²) in [7, 11) is 0. The van der Waals surface area contributed by atoms with Gasteiger partial charge in [0.25, 0.3) is 0 Å². The molecule has 0 saturated carbocycles. The Morgan fingerprint density at radius 1 is 1.40 bits per heavy atom. The van der Waals surface area contributed by atoms with Gasteiger partial charge < -0.3 is 5.32 Å². The van der Waals surface area contributed by atoms with Gasteiger partial charge in [-0.3, -0.25) is 19.7 Å². The van der Waals surface area contributed by atoms with Crippen molar-refractivity contribution in [2.24, 2.45) is 0 Å². The highest BCUT2D eigenvalue weighted by Gasteiger charge is 2.56. The highest BCUT2D eigenvalue weighted by molar-refractivity contribution is 7.80. The second kappa shape index (κ2) is 6.05. The quantitative estimate of drug-likeness (QED) is 0.761. The first-order chi connectivity index (χ1) is 11.6. The number of fused-ring (bicyclic) bond motifs is 1. The van der Waals surface area contributed by atoms with Crippen LogP contribution in [0, 0.1) is 6.92 Å². The maximum atomic E-state index is 12.8. The molecule has 0 aliphatic carbocycles. The van der Waals surface area contributed by atoms with Gasteiger partial charge in [-0.1, -0.05) is 17.7 Å². The second-order valence-electron chi connectivity index (χ2n) is 6.49. The third-order valence-electron chi connectivity index (χ3n) is 4.48. The molecule has 2 N–H and O–H groups in total. The molecule has 3 amide bonds. The number of anilines is 1. The number of rotatable bonds is 2. The van der Waals surface area contributed by atoms with Gasteiger partial charge in [0.15, 0.2) is 5.11 Å². The van der Waals surface area contributed by atoms with Gasteiger partial charge in [0.1, 0.15) is 11.6 Å². The number of carbonyl (C=O) groups excluding carboxylic acids is 3. The van der Waals surface area contributed by atoms with Crippen LogP contribution in [0.4, 0.5) is 5.69 Å². The lowest BCUT2D eigenvalue weighted by atomic mass is 10.00. The van der Waals surface area contributed by atoms with Crippen LogP contribution in [0.1, 0.15) is 25.8 Å². The summed E-state index contributed by atoms with van der Waals surface area (Å²) >= 11 is 11.2. The monoisotopic (exact) mass is 380 g/mol. The Bertz CT molecular complexity index is 811. The topological polar surface area (TPSA) is 81.8 Å². The fraction of sp³-hybridized carbons (Fsp3) is 0.375. The van der Waals surface area contributed by atoms with Gasteiger partial charge in [0.05, 0.1) is 6.42 Å². The predicted octanol–water partition coefficient (Wildman–Crippen LogP) is 1.60. The van der Waals surface area contributed by atoms with Gasteiger partial charge >= 0.3 is 0 Å². The van der Waals surface area contributed by atoms with Crippen LogP contribution in [0.2, 0.25) is 5.02 Å². The Hall–Kier alpha value is -2.03. The molecule has 132 valence electrons. The summed E-state index contributed by atoms with van der Waals surface area (Å²) in [4.78, 5) is 37.4. The van der Waals surface area contributed by atoms with Crippen molar-refractivity contribution >= 4 is 52.3 Å². The molecule has 0 unspecified atom stereocenters. The first-order valence-corrected chi connectivity index (χ1v) is 8.47. The molecule has 3 rings (SSSR count). The van der Waals surface area contributed by atoms with Gasteiger partial charge in [-0.25, -0.2) is 5.01 Å². The van der Waals surface area contributed by atoms with Gasteiger partial charge in [0, 0.05) is 10.7 Å². The first-order valence-electron chi connectivity index (χ1n) is 7.68. The van der Waals surface area contributed by atoms with E-state index < -0.39 is 17.5 Å². The van der Waals surface area contributed by atoms with Crippen molar-refractivity contribution in [2.75, 3.05) is 5.32 Å². The van der Waals surface area contributed by atoms with E-state index in [4.69, 9.17) is 23.8 Å². The van der Waals surface area contributed by atoms with E-state index in [2.05, 4.69) is 10.6 Å². The Morgan fingerprint density at radius 3 is 2.76 bits per heavy atom. The molecular formula is C16H17ClN4O3S. The van der Waals surface area contributed by atoms with E-state index in [1.54, 1.807) is 39.0 Å². The van der Waals surface area contributed by atoms with Crippen molar-refractivity contribution in [3.63, 3.8) is 0 Å². The number of carbonyl (C=O) groups is 3. The summed E-state index contributed by atoms with van der Waals surface area (Å²) in [6.07, 6.45) is -0.0655. The highest BCUT2D eigenvalue weighted by Crippen LogP contribution is 2.33. The molecule has 2 aliphatic heterocycles. The molecule has 25 heavy (non-hydrogen) atoms. The Kier molecular flexibility index (Phi) is 4.30. The van der Waals surface area contributed by atoms with E-state index in [0.29, 0.717) is 10.7 Å².